The Labute approximate surface area is 168 Å². The fourth-order valence-electron chi connectivity index (χ4n) is 2.56. The first-order valence-corrected chi connectivity index (χ1v) is 9.74. The predicted molar refractivity (Wildman–Crippen MR) is 113 cm³/mol. The number of carbonyl (C=O) groups is 1. The van der Waals surface area contributed by atoms with Gasteiger partial charge < -0.3 is 10.5 Å². The molecule has 6 nitrogen and oxygen atoms in total. The highest BCUT2D eigenvalue weighted by atomic mass is 32.1. The maximum absolute atomic E-state index is 12.3. The third kappa shape index (κ3) is 4.95. The number of hydrazone groups is 1. The van der Waals surface area contributed by atoms with Crippen LogP contribution < -0.4 is 15.9 Å². The van der Waals surface area contributed by atoms with Gasteiger partial charge in [-0.25, -0.2) is 10.4 Å². The molecule has 1 heterocycles. The van der Waals surface area contributed by atoms with Crippen LogP contribution in [0.15, 0.2) is 53.6 Å². The number of amides is 1. The first-order chi connectivity index (χ1) is 13.6. The van der Waals surface area contributed by atoms with Crippen molar-refractivity contribution in [1.29, 1.82) is 0 Å². The molecule has 0 aliphatic carbocycles. The van der Waals surface area contributed by atoms with Crippen molar-refractivity contribution in [3.63, 3.8) is 0 Å². The SMILES string of the molecule is CCc1nc(N)sc1C(=O)N/N=C/c1ccccc1OCc1ccc(C)cc1. The van der Waals surface area contributed by atoms with Gasteiger partial charge in [-0.3, -0.25) is 4.79 Å². The highest BCUT2D eigenvalue weighted by Crippen LogP contribution is 2.21. The van der Waals surface area contributed by atoms with E-state index in [1.807, 2.05) is 43.3 Å². The van der Waals surface area contributed by atoms with E-state index in [9.17, 15) is 4.79 Å². The predicted octanol–water partition coefficient (Wildman–Crippen LogP) is 3.94. The second kappa shape index (κ2) is 9.14. The quantitative estimate of drug-likeness (QED) is 0.469. The smallest absolute Gasteiger partial charge is 0.283 e. The lowest BCUT2D eigenvalue weighted by Gasteiger charge is -2.09. The first-order valence-electron chi connectivity index (χ1n) is 8.92. The zero-order chi connectivity index (χ0) is 19.9. The molecular weight excluding hydrogens is 372 g/mol. The summed E-state index contributed by atoms with van der Waals surface area (Å²) in [5.74, 6) is 0.373. The maximum atomic E-state index is 12.3. The molecule has 2 aromatic carbocycles. The fourth-order valence-corrected chi connectivity index (χ4v) is 3.37. The van der Waals surface area contributed by atoms with Gasteiger partial charge in [-0.05, 0) is 31.0 Å². The fraction of sp³-hybridized carbons (Fsp3) is 0.190. The molecule has 0 radical (unpaired) electrons. The standard InChI is InChI=1S/C21H22N4O2S/c1-3-17-19(28-21(22)24-17)20(26)25-23-12-16-6-4-5-7-18(16)27-13-15-10-8-14(2)9-11-15/h4-12H,3,13H2,1-2H3,(H2,22,24)(H,25,26)/b23-12+. The van der Waals surface area contributed by atoms with Crippen LogP contribution in [0.5, 0.6) is 5.75 Å². The van der Waals surface area contributed by atoms with Gasteiger partial charge >= 0.3 is 0 Å². The molecular formula is C21H22N4O2S. The van der Waals surface area contributed by atoms with Crippen LogP contribution in [0.4, 0.5) is 5.13 Å². The summed E-state index contributed by atoms with van der Waals surface area (Å²) in [6.45, 7) is 4.43. The molecule has 1 amide bonds. The number of hydrogen-bond acceptors (Lipinski definition) is 6. The molecule has 0 bridgehead atoms. The molecule has 3 aromatic rings. The molecule has 0 aliphatic heterocycles. The van der Waals surface area contributed by atoms with Crippen molar-refractivity contribution < 1.29 is 9.53 Å². The highest BCUT2D eigenvalue weighted by molar-refractivity contribution is 7.17. The number of ether oxygens (including phenoxy) is 1. The number of nitrogens with two attached hydrogens (primary N) is 1. The van der Waals surface area contributed by atoms with Gasteiger partial charge in [-0.2, -0.15) is 5.10 Å². The van der Waals surface area contributed by atoms with E-state index in [1.54, 1.807) is 6.21 Å². The molecule has 0 fully saturated rings. The van der Waals surface area contributed by atoms with Crippen LogP contribution in [0.1, 0.15) is 39.0 Å². The lowest BCUT2D eigenvalue weighted by molar-refractivity contribution is 0.0958. The van der Waals surface area contributed by atoms with Gasteiger partial charge in [0.25, 0.3) is 5.91 Å². The molecule has 0 aliphatic rings. The lowest BCUT2D eigenvalue weighted by atomic mass is 10.1. The second-order valence-electron chi connectivity index (χ2n) is 6.19. The number of aromatic nitrogens is 1. The van der Waals surface area contributed by atoms with Crippen molar-refractivity contribution in [3.05, 3.63) is 75.8 Å². The summed E-state index contributed by atoms with van der Waals surface area (Å²) in [5.41, 5.74) is 12.0. The summed E-state index contributed by atoms with van der Waals surface area (Å²) in [7, 11) is 0. The zero-order valence-corrected chi connectivity index (χ0v) is 16.6. The van der Waals surface area contributed by atoms with Gasteiger partial charge in [0.1, 0.15) is 17.2 Å². The van der Waals surface area contributed by atoms with Gasteiger partial charge in [0.2, 0.25) is 0 Å². The van der Waals surface area contributed by atoms with Crippen LogP contribution in [0.3, 0.4) is 0 Å². The summed E-state index contributed by atoms with van der Waals surface area (Å²) >= 11 is 1.16. The Bertz CT molecular complexity index is 980. The van der Waals surface area contributed by atoms with Gasteiger partial charge in [0.05, 0.1) is 11.9 Å². The molecule has 0 saturated heterocycles. The first kappa shape index (κ1) is 19.6. The number of benzene rings is 2. The lowest BCUT2D eigenvalue weighted by Crippen LogP contribution is -2.17. The minimum Gasteiger partial charge on any atom is -0.488 e. The number of anilines is 1. The summed E-state index contributed by atoms with van der Waals surface area (Å²) in [4.78, 5) is 16.9. The van der Waals surface area contributed by atoms with Crippen LogP contribution in [0, 0.1) is 6.92 Å². The monoisotopic (exact) mass is 394 g/mol. The molecule has 3 rings (SSSR count). The van der Waals surface area contributed by atoms with E-state index in [1.165, 1.54) is 5.56 Å². The van der Waals surface area contributed by atoms with Crippen LogP contribution in [-0.2, 0) is 13.0 Å². The van der Waals surface area contributed by atoms with Gasteiger partial charge in [0, 0.05) is 5.56 Å². The van der Waals surface area contributed by atoms with Gasteiger partial charge in [0.15, 0.2) is 5.13 Å². The van der Waals surface area contributed by atoms with Crippen molar-refractivity contribution in [2.75, 3.05) is 5.73 Å². The zero-order valence-electron chi connectivity index (χ0n) is 15.8. The van der Waals surface area contributed by atoms with E-state index in [-0.39, 0.29) is 5.91 Å². The summed E-state index contributed by atoms with van der Waals surface area (Å²) < 4.78 is 5.92. The van der Waals surface area contributed by atoms with Crippen LogP contribution >= 0.6 is 11.3 Å². The number of thiazole rings is 1. The Kier molecular flexibility index (Phi) is 6.39. The van der Waals surface area contributed by atoms with Crippen LogP contribution in [-0.4, -0.2) is 17.1 Å². The molecule has 0 unspecified atom stereocenters. The molecule has 144 valence electrons. The van der Waals surface area contributed by atoms with E-state index in [4.69, 9.17) is 10.5 Å². The molecule has 0 spiro atoms. The van der Waals surface area contributed by atoms with Crippen molar-refractivity contribution in [3.8, 4) is 5.75 Å². The Morgan fingerprint density at radius 2 is 2.00 bits per heavy atom. The summed E-state index contributed by atoms with van der Waals surface area (Å²) in [6.07, 6.45) is 2.20. The average molecular weight is 395 g/mol. The van der Waals surface area contributed by atoms with Crippen molar-refractivity contribution in [2.45, 2.75) is 26.9 Å². The van der Waals surface area contributed by atoms with Crippen LogP contribution in [0.2, 0.25) is 0 Å². The Hall–Kier alpha value is -3.19. The third-order valence-corrected chi connectivity index (χ3v) is 4.98. The number of nitrogens with zero attached hydrogens (tertiary/aromatic N) is 2. The largest absolute Gasteiger partial charge is 0.488 e. The maximum Gasteiger partial charge on any atom is 0.283 e. The molecule has 0 saturated carbocycles. The third-order valence-electron chi connectivity index (χ3n) is 4.06. The number of aryl methyl sites for hydroxylation is 2. The van der Waals surface area contributed by atoms with Crippen molar-refractivity contribution in [1.82, 2.24) is 10.4 Å². The van der Waals surface area contributed by atoms with E-state index < -0.39 is 0 Å². The van der Waals surface area contributed by atoms with E-state index in [0.29, 0.717) is 34.5 Å². The second-order valence-corrected chi connectivity index (χ2v) is 7.22. The number of para-hydroxylation sites is 1. The molecule has 3 N–H and O–H groups in total. The molecule has 0 atom stereocenters. The molecule has 28 heavy (non-hydrogen) atoms. The highest BCUT2D eigenvalue weighted by Gasteiger charge is 2.15. The Morgan fingerprint density at radius 1 is 1.25 bits per heavy atom. The van der Waals surface area contributed by atoms with E-state index >= 15 is 0 Å². The number of nitrogen functional groups attached to an aromatic ring is 1. The Morgan fingerprint density at radius 3 is 2.75 bits per heavy atom. The van der Waals surface area contributed by atoms with Crippen LogP contribution in [0.25, 0.3) is 0 Å². The minimum atomic E-state index is -0.319. The number of hydrogen-bond donors (Lipinski definition) is 2. The summed E-state index contributed by atoms with van der Waals surface area (Å²) in [5, 5.41) is 4.44. The molecule has 1 aromatic heterocycles. The topological polar surface area (TPSA) is 89.6 Å². The molecule has 7 heteroatoms. The average Bonchev–Trinajstić information content (AvgIpc) is 3.09. The van der Waals surface area contributed by atoms with Gasteiger partial charge in [-0.15, -0.1) is 0 Å². The minimum absolute atomic E-state index is 0.319. The van der Waals surface area contributed by atoms with Crippen molar-refractivity contribution >= 4 is 28.6 Å². The summed E-state index contributed by atoms with van der Waals surface area (Å²) in [6, 6.07) is 15.7. The number of rotatable bonds is 7. The van der Waals surface area contributed by atoms with Gasteiger partial charge in [-0.1, -0.05) is 60.2 Å². The van der Waals surface area contributed by atoms with Crippen molar-refractivity contribution in [2.24, 2.45) is 5.10 Å². The number of carbonyl (C=O) groups excluding carboxylic acids is 1. The van der Waals surface area contributed by atoms with E-state index in [0.717, 1.165) is 22.5 Å². The Balaban J connectivity index is 1.65. The normalized spacial score (nSPS) is 10.9. The number of nitrogens with one attached hydrogen (secondary N) is 1. The van der Waals surface area contributed by atoms with E-state index in [2.05, 4.69) is 34.6 Å².